The summed E-state index contributed by atoms with van der Waals surface area (Å²) >= 11 is 1.21. The number of aliphatic hydroxyl groups is 1. The number of alkyl halides is 3. The minimum atomic E-state index is -4.94. The molecule has 1 aromatic carbocycles. The Balaban J connectivity index is 1.72. The zero-order valence-electron chi connectivity index (χ0n) is 13.5. The standard InChI is InChI=1S/C17H19F3N2O2S/c18-17(19,20)16(24)13-8-4-5-9-14(13)21-22(16)15(23)11-25-10-12-6-2-1-3-7-12/h1-3,6-7,13,24H,4-5,8-11H2. The van der Waals surface area contributed by atoms with E-state index in [1.807, 2.05) is 30.3 Å². The molecule has 3 rings (SSSR count). The summed E-state index contributed by atoms with van der Waals surface area (Å²) in [5.74, 6) is -1.63. The third kappa shape index (κ3) is 3.42. The van der Waals surface area contributed by atoms with Crippen LogP contribution in [0.2, 0.25) is 0 Å². The van der Waals surface area contributed by atoms with Gasteiger partial charge in [0, 0.05) is 11.5 Å². The fourth-order valence-electron chi connectivity index (χ4n) is 3.36. The summed E-state index contributed by atoms with van der Waals surface area (Å²) in [7, 11) is 0. The van der Waals surface area contributed by atoms with Crippen molar-refractivity contribution in [2.45, 2.75) is 43.3 Å². The van der Waals surface area contributed by atoms with Gasteiger partial charge in [0.05, 0.1) is 11.7 Å². The molecule has 25 heavy (non-hydrogen) atoms. The van der Waals surface area contributed by atoms with Crippen molar-refractivity contribution in [3.8, 4) is 0 Å². The summed E-state index contributed by atoms with van der Waals surface area (Å²) < 4.78 is 40.8. The van der Waals surface area contributed by atoms with Crippen LogP contribution in [0.5, 0.6) is 0 Å². The van der Waals surface area contributed by atoms with E-state index in [0.717, 1.165) is 12.0 Å². The highest BCUT2D eigenvalue weighted by Gasteiger charge is 2.68. The molecule has 1 aromatic rings. The van der Waals surface area contributed by atoms with Gasteiger partial charge in [0.1, 0.15) is 0 Å². The molecule has 0 bridgehead atoms. The van der Waals surface area contributed by atoms with E-state index in [-0.39, 0.29) is 22.9 Å². The molecule has 0 radical (unpaired) electrons. The summed E-state index contributed by atoms with van der Waals surface area (Å²) in [5, 5.41) is 14.6. The van der Waals surface area contributed by atoms with E-state index in [4.69, 9.17) is 0 Å². The average Bonchev–Trinajstić information content (AvgIpc) is 2.90. The Labute approximate surface area is 148 Å². The first-order chi connectivity index (χ1) is 11.8. The first-order valence-corrected chi connectivity index (χ1v) is 9.30. The number of rotatable bonds is 4. The van der Waals surface area contributed by atoms with Crippen LogP contribution in [-0.2, 0) is 10.5 Å². The number of amides is 1. The second kappa shape index (κ2) is 6.99. The number of carbonyl (C=O) groups excluding carboxylic acids is 1. The Hall–Kier alpha value is -1.54. The molecule has 1 aliphatic heterocycles. The number of thioether (sulfide) groups is 1. The molecule has 1 N–H and O–H groups in total. The van der Waals surface area contributed by atoms with Gasteiger partial charge < -0.3 is 5.11 Å². The van der Waals surface area contributed by atoms with Gasteiger partial charge in [-0.15, -0.1) is 11.8 Å². The Kier molecular flexibility index (Phi) is 5.11. The topological polar surface area (TPSA) is 52.9 Å². The van der Waals surface area contributed by atoms with E-state index < -0.39 is 23.7 Å². The highest BCUT2D eigenvalue weighted by Crippen LogP contribution is 2.48. The lowest BCUT2D eigenvalue weighted by Gasteiger charge is -2.38. The fourth-order valence-corrected chi connectivity index (χ4v) is 4.18. The van der Waals surface area contributed by atoms with Gasteiger partial charge in [-0.05, 0) is 24.8 Å². The van der Waals surface area contributed by atoms with E-state index in [2.05, 4.69) is 5.10 Å². The number of nitrogens with zero attached hydrogens (tertiary/aromatic N) is 2. The van der Waals surface area contributed by atoms with Crippen LogP contribution in [0.3, 0.4) is 0 Å². The Bertz CT molecular complexity index is 666. The van der Waals surface area contributed by atoms with Gasteiger partial charge in [-0.3, -0.25) is 4.79 Å². The number of hydrazone groups is 1. The Morgan fingerprint density at radius 3 is 2.72 bits per heavy atom. The van der Waals surface area contributed by atoms with E-state index in [0.29, 0.717) is 18.6 Å². The summed E-state index contributed by atoms with van der Waals surface area (Å²) in [4.78, 5) is 12.4. The molecular formula is C17H19F3N2O2S. The van der Waals surface area contributed by atoms with E-state index in [1.165, 1.54) is 11.8 Å². The van der Waals surface area contributed by atoms with Crippen molar-refractivity contribution < 1.29 is 23.1 Å². The van der Waals surface area contributed by atoms with Crippen LogP contribution in [-0.4, -0.2) is 39.4 Å². The van der Waals surface area contributed by atoms with Crippen LogP contribution in [0, 0.1) is 5.92 Å². The van der Waals surface area contributed by atoms with Crippen LogP contribution >= 0.6 is 11.8 Å². The molecule has 2 unspecified atom stereocenters. The molecule has 8 heteroatoms. The first kappa shape index (κ1) is 18.3. The van der Waals surface area contributed by atoms with Gasteiger partial charge in [0.25, 0.3) is 11.6 Å². The minimum Gasteiger partial charge on any atom is -0.362 e. The predicted molar refractivity (Wildman–Crippen MR) is 89.8 cm³/mol. The van der Waals surface area contributed by atoms with Crippen LogP contribution in [0.15, 0.2) is 35.4 Å². The molecule has 0 spiro atoms. The number of carbonyl (C=O) groups is 1. The number of fused-ring (bicyclic) bond motifs is 1. The van der Waals surface area contributed by atoms with Crippen molar-refractivity contribution in [2.75, 3.05) is 5.75 Å². The third-order valence-electron chi connectivity index (χ3n) is 4.61. The van der Waals surface area contributed by atoms with Crippen molar-refractivity contribution in [1.29, 1.82) is 0 Å². The van der Waals surface area contributed by atoms with Crippen LogP contribution in [0.4, 0.5) is 13.2 Å². The van der Waals surface area contributed by atoms with E-state index in [9.17, 15) is 23.1 Å². The molecule has 0 saturated heterocycles. The molecule has 1 amide bonds. The average molecular weight is 372 g/mol. The number of hydrogen-bond donors (Lipinski definition) is 1. The lowest BCUT2D eigenvalue weighted by molar-refractivity contribution is -0.316. The van der Waals surface area contributed by atoms with E-state index in [1.54, 1.807) is 0 Å². The fraction of sp³-hybridized carbons (Fsp3) is 0.529. The first-order valence-electron chi connectivity index (χ1n) is 8.15. The lowest BCUT2D eigenvalue weighted by atomic mass is 9.80. The van der Waals surface area contributed by atoms with Crippen LogP contribution < -0.4 is 0 Å². The number of hydrogen-bond acceptors (Lipinski definition) is 4. The van der Waals surface area contributed by atoms with Gasteiger partial charge >= 0.3 is 6.18 Å². The molecular weight excluding hydrogens is 353 g/mol. The van der Waals surface area contributed by atoms with Gasteiger partial charge in [0.15, 0.2) is 0 Å². The Morgan fingerprint density at radius 2 is 2.04 bits per heavy atom. The van der Waals surface area contributed by atoms with Gasteiger partial charge in [-0.1, -0.05) is 36.8 Å². The monoisotopic (exact) mass is 372 g/mol. The van der Waals surface area contributed by atoms with Crippen molar-refractivity contribution in [2.24, 2.45) is 11.0 Å². The third-order valence-corrected chi connectivity index (χ3v) is 5.59. The zero-order valence-corrected chi connectivity index (χ0v) is 14.3. The molecule has 1 saturated carbocycles. The number of halogens is 3. The Morgan fingerprint density at radius 1 is 1.32 bits per heavy atom. The molecule has 0 aromatic heterocycles. The minimum absolute atomic E-state index is 0.170. The molecule has 4 nitrogen and oxygen atoms in total. The maximum atomic E-state index is 13.6. The highest BCUT2D eigenvalue weighted by molar-refractivity contribution is 7.99. The van der Waals surface area contributed by atoms with E-state index >= 15 is 0 Å². The largest absolute Gasteiger partial charge is 0.439 e. The highest BCUT2D eigenvalue weighted by atomic mass is 32.2. The molecule has 2 aliphatic rings. The molecule has 1 aliphatic carbocycles. The molecule has 1 heterocycles. The normalized spacial score (nSPS) is 26.3. The lowest BCUT2D eigenvalue weighted by Crippen LogP contribution is -2.61. The zero-order chi connectivity index (χ0) is 18.1. The van der Waals surface area contributed by atoms with Crippen LogP contribution in [0.1, 0.15) is 31.2 Å². The van der Waals surface area contributed by atoms with Gasteiger partial charge in [0.2, 0.25) is 0 Å². The summed E-state index contributed by atoms with van der Waals surface area (Å²) in [6.45, 7) is 0. The van der Waals surface area contributed by atoms with Gasteiger partial charge in [-0.25, -0.2) is 0 Å². The molecule has 136 valence electrons. The van der Waals surface area contributed by atoms with Crippen LogP contribution in [0.25, 0.3) is 0 Å². The second-order valence-electron chi connectivity index (χ2n) is 6.30. The van der Waals surface area contributed by atoms with Gasteiger partial charge in [-0.2, -0.15) is 23.3 Å². The summed E-state index contributed by atoms with van der Waals surface area (Å²) in [6.07, 6.45) is -3.04. The van der Waals surface area contributed by atoms with Crippen molar-refractivity contribution in [3.05, 3.63) is 35.9 Å². The molecule has 1 fully saturated rings. The van der Waals surface area contributed by atoms with Crippen molar-refractivity contribution in [3.63, 3.8) is 0 Å². The maximum absolute atomic E-state index is 13.6. The SMILES string of the molecule is O=C(CSCc1ccccc1)N1N=C2CCCCC2C1(O)C(F)(F)F. The summed E-state index contributed by atoms with van der Waals surface area (Å²) in [5.41, 5.74) is -1.95. The summed E-state index contributed by atoms with van der Waals surface area (Å²) in [6, 6.07) is 9.35. The molecule has 2 atom stereocenters. The maximum Gasteiger partial charge on any atom is 0.439 e. The van der Waals surface area contributed by atoms with Crippen molar-refractivity contribution in [1.82, 2.24) is 5.01 Å². The second-order valence-corrected chi connectivity index (χ2v) is 7.28. The van der Waals surface area contributed by atoms with Crippen molar-refractivity contribution >= 4 is 23.4 Å². The predicted octanol–water partition coefficient (Wildman–Crippen LogP) is 3.56. The quantitative estimate of drug-likeness (QED) is 0.879. The number of benzene rings is 1. The smallest absolute Gasteiger partial charge is 0.362 e.